The Morgan fingerprint density at radius 3 is 0.488 bits per heavy atom. The van der Waals surface area contributed by atoms with Crippen LogP contribution in [0.4, 0.5) is 13.2 Å². The first kappa shape index (κ1) is 229. The van der Waals surface area contributed by atoms with Gasteiger partial charge in [-0.2, -0.15) is 13.2 Å². The van der Waals surface area contributed by atoms with Gasteiger partial charge in [-0.25, -0.2) is 0 Å². The monoisotopic (exact) mass is 1230 g/mol. The van der Waals surface area contributed by atoms with Gasteiger partial charge in [-0.1, -0.05) is 212 Å². The van der Waals surface area contributed by atoms with E-state index in [1.165, 1.54) is 52.5 Å². The van der Waals surface area contributed by atoms with Crippen LogP contribution in [0.15, 0.2) is 24.3 Å². The quantitative estimate of drug-likeness (QED) is 0.133. The molecule has 1 aromatic rings. The van der Waals surface area contributed by atoms with Crippen LogP contribution in [0.2, 0.25) is 0 Å². The molecular formula is C57H162F3N11O11. The van der Waals surface area contributed by atoms with Gasteiger partial charge in [0, 0.05) is 6.10 Å². The predicted octanol–water partition coefficient (Wildman–Crippen LogP) is 16.4. The molecule has 0 aliphatic carbocycles. The molecule has 0 bridgehead atoms. The van der Waals surface area contributed by atoms with E-state index in [4.69, 9.17) is 53.1 Å². The SMILES string of the molecule is C.C=O.C=O.C=O.C=O.C=O.C=O.C=O.C=O.C=O.C=O.CC.CC.CC.CC.CC.CC.CC(C)C.CC(C)O.CCC(C)C.CCC(C)C.CCC(C)C.CCc1ccc(C(F)(F)F)cc1.CN.CN.CN.N.N.N.N.N.N.N.N. The summed E-state index contributed by atoms with van der Waals surface area (Å²) in [4.78, 5) is 80.0. The molecule has 0 amide bonds. The second-order valence-electron chi connectivity index (χ2n) is 10.8. The number of aliphatic hydroxyl groups excluding tert-OH is 1. The Balaban J connectivity index is -0.0000000101. The summed E-state index contributed by atoms with van der Waals surface area (Å²) in [5.74, 6) is 3.49. The second-order valence-corrected chi connectivity index (χ2v) is 10.8. The van der Waals surface area contributed by atoms with Crippen molar-refractivity contribution < 1.29 is 66.2 Å². The Kier molecular flexibility index (Phi) is 1320. The molecule has 0 heterocycles. The summed E-state index contributed by atoms with van der Waals surface area (Å²) in [6, 6.07) is 5.23. The van der Waals surface area contributed by atoms with Crippen LogP contribution in [-0.4, -0.2) is 100 Å². The number of hydrogen-bond donors (Lipinski definition) is 12. The normalized spacial score (nSPS) is 5.49. The van der Waals surface area contributed by atoms with E-state index in [-0.39, 0.29) is 62.7 Å². The lowest BCUT2D eigenvalue weighted by molar-refractivity contribution is -0.137. The summed E-state index contributed by atoms with van der Waals surface area (Å²) in [6.07, 6.45) is 0.296. The molecule has 1 aromatic carbocycles. The molecule has 0 saturated carbocycles. The molecule has 25 heteroatoms. The molecule has 0 radical (unpaired) electrons. The molecule has 0 fully saturated rings. The molecule has 1 rings (SSSR count). The van der Waals surface area contributed by atoms with Gasteiger partial charge in [0.05, 0.1) is 5.56 Å². The van der Waals surface area contributed by atoms with Gasteiger partial charge in [-0.3, -0.25) is 0 Å². The van der Waals surface area contributed by atoms with Crippen molar-refractivity contribution in [1.29, 1.82) is 0 Å². The molecule has 532 valence electrons. The average molecular weight is 1230 g/mol. The smallest absolute Gasteiger partial charge is 0.394 e. The Bertz CT molecular complexity index is 653. The first-order valence-electron chi connectivity index (χ1n) is 24.3. The molecule has 0 aromatic heterocycles. The lowest BCUT2D eigenvalue weighted by atomic mass is 10.1. The molecule has 0 saturated heterocycles. The maximum atomic E-state index is 12.0. The number of hydrogen-bond acceptors (Lipinski definition) is 22. The minimum atomic E-state index is -4.22. The van der Waals surface area contributed by atoms with Gasteiger partial charge in [0.25, 0.3) is 0 Å². The third kappa shape index (κ3) is 1120. The zero-order chi connectivity index (χ0) is 67.2. The van der Waals surface area contributed by atoms with Crippen molar-refractivity contribution in [2.24, 2.45) is 40.9 Å². The largest absolute Gasteiger partial charge is 0.416 e. The predicted molar refractivity (Wildman–Crippen MR) is 371 cm³/mol. The fourth-order valence-electron chi connectivity index (χ4n) is 0.929. The molecule has 0 aliphatic rings. The molecule has 0 unspecified atom stereocenters. The van der Waals surface area contributed by atoms with Crippen LogP contribution in [0.3, 0.4) is 0 Å². The zero-order valence-corrected chi connectivity index (χ0v) is 59.6. The maximum absolute atomic E-state index is 12.0. The van der Waals surface area contributed by atoms with Gasteiger partial charge in [-0.05, 0) is 82.8 Å². The number of halogens is 3. The number of aliphatic hydroxyl groups is 1. The highest BCUT2D eigenvalue weighted by atomic mass is 19.4. The molecule has 22 nitrogen and oxygen atoms in total. The lowest BCUT2D eigenvalue weighted by Gasteiger charge is -2.06. The third-order valence-corrected chi connectivity index (χ3v) is 4.14. The summed E-state index contributed by atoms with van der Waals surface area (Å²) in [5.41, 5.74) is 13.8. The number of aryl methyl sites for hydroxylation is 1. The Hall–Kier alpha value is -4.77. The van der Waals surface area contributed by atoms with Crippen molar-refractivity contribution >= 4 is 67.9 Å². The van der Waals surface area contributed by atoms with Crippen LogP contribution in [-0.2, 0) is 60.5 Å². The molecule has 31 N–H and O–H groups in total. The molecule has 0 spiro atoms. The molecule has 0 aliphatic heterocycles. The fourth-order valence-corrected chi connectivity index (χ4v) is 0.929. The number of carbonyl (C=O) groups excluding carboxylic acids is 10. The molecule has 82 heavy (non-hydrogen) atoms. The van der Waals surface area contributed by atoms with E-state index < -0.39 is 11.7 Å². The Labute approximate surface area is 511 Å². The number of rotatable bonds is 4. The fraction of sp³-hybridized carbons (Fsp3) is 0.719. The van der Waals surface area contributed by atoms with E-state index in [1.54, 1.807) is 13.8 Å². The van der Waals surface area contributed by atoms with Crippen LogP contribution < -0.4 is 66.4 Å². The Morgan fingerprint density at radius 1 is 0.354 bits per heavy atom. The van der Waals surface area contributed by atoms with Crippen LogP contribution in [0.25, 0.3) is 0 Å². The van der Waals surface area contributed by atoms with Crippen molar-refractivity contribution in [2.45, 2.75) is 232 Å². The van der Waals surface area contributed by atoms with E-state index in [2.05, 4.69) is 100 Å². The number of nitrogens with two attached hydrogens (primary N) is 3. The van der Waals surface area contributed by atoms with E-state index in [0.29, 0.717) is 0 Å². The van der Waals surface area contributed by atoms with Crippen molar-refractivity contribution in [1.82, 2.24) is 49.2 Å². The van der Waals surface area contributed by atoms with Crippen molar-refractivity contribution in [3.63, 3.8) is 0 Å². The topological polar surface area (TPSA) is 549 Å². The summed E-state index contributed by atoms with van der Waals surface area (Å²) in [7, 11) is 4.50. The van der Waals surface area contributed by atoms with E-state index >= 15 is 0 Å². The van der Waals surface area contributed by atoms with Crippen LogP contribution >= 0.6 is 0 Å². The molecular weight excluding hydrogens is 1070 g/mol. The standard InChI is InChI=1S/C9H9F3.3C5H12.C4H10.C3H8O.6C2H6.3CH5N.10CH2O.CH4.8H3N/c1-2-7-3-5-8(6-4-7)9(10,11)12;3*1-4-5(2)3;1-4(2)3;1-3(2)4;19*1-2;;;;;;;;;/h3-6H,2H2,1H3;3*5H,4H2,1-3H3;4H,1-3H3;3-4H,1-2H3;6*1-2H3;3*2H2,1H3;10*1H2;1H4;8*1H3. The number of carbonyl (C=O) groups is 10. The van der Waals surface area contributed by atoms with Gasteiger partial charge in [0.1, 0.15) is 67.9 Å². The average Bonchev–Trinajstić information content (AvgIpc) is 3.48. The Morgan fingerprint density at radius 2 is 0.439 bits per heavy atom. The second kappa shape index (κ2) is 472. The van der Waals surface area contributed by atoms with Crippen LogP contribution in [0.5, 0.6) is 0 Å². The van der Waals surface area contributed by atoms with E-state index in [9.17, 15) is 13.2 Å². The summed E-state index contributed by atoms with van der Waals surface area (Å²) in [5, 5.41) is 8.06. The highest BCUT2D eigenvalue weighted by Gasteiger charge is 2.29. The van der Waals surface area contributed by atoms with Gasteiger partial charge in [0.2, 0.25) is 0 Å². The minimum Gasteiger partial charge on any atom is -0.394 e. The first-order chi connectivity index (χ1) is 34.8. The maximum Gasteiger partial charge on any atom is 0.416 e. The van der Waals surface area contributed by atoms with Crippen molar-refractivity contribution in [3.05, 3.63) is 35.4 Å². The number of benzene rings is 1. The number of alkyl halides is 3. The highest BCUT2D eigenvalue weighted by molar-refractivity contribution is 5.24. The van der Waals surface area contributed by atoms with Crippen LogP contribution in [0.1, 0.15) is 225 Å². The van der Waals surface area contributed by atoms with Crippen molar-refractivity contribution in [2.75, 3.05) is 21.1 Å². The first-order valence-corrected chi connectivity index (χ1v) is 24.3. The van der Waals surface area contributed by atoms with Gasteiger partial charge >= 0.3 is 6.18 Å². The van der Waals surface area contributed by atoms with E-state index in [0.717, 1.165) is 47.8 Å². The van der Waals surface area contributed by atoms with Crippen LogP contribution in [0, 0.1) is 23.7 Å². The lowest BCUT2D eigenvalue weighted by Crippen LogP contribution is -2.04. The highest BCUT2D eigenvalue weighted by Crippen LogP contribution is 2.29. The summed E-state index contributed by atoms with van der Waals surface area (Å²) < 4.78 is 36.1. The third-order valence-electron chi connectivity index (χ3n) is 4.14. The zero-order valence-electron chi connectivity index (χ0n) is 59.6. The molecule has 0 atom stereocenters. The van der Waals surface area contributed by atoms with Gasteiger partial charge in [-0.15, -0.1) is 0 Å². The van der Waals surface area contributed by atoms with Crippen molar-refractivity contribution in [3.8, 4) is 0 Å². The summed E-state index contributed by atoms with van der Waals surface area (Å²) >= 11 is 0. The van der Waals surface area contributed by atoms with Gasteiger partial charge < -0.3 is 119 Å². The van der Waals surface area contributed by atoms with Gasteiger partial charge in [0.15, 0.2) is 0 Å². The van der Waals surface area contributed by atoms with E-state index in [1.807, 2.05) is 158 Å². The minimum absolute atomic E-state index is 0. The summed E-state index contributed by atoms with van der Waals surface area (Å²) in [6.45, 7) is 75.8.